The average molecular weight is 382 g/mol. The maximum Gasteiger partial charge on any atom is 0.251 e. The molecule has 0 spiro atoms. The number of nitrogens with one attached hydrogen (secondary N) is 1. The summed E-state index contributed by atoms with van der Waals surface area (Å²) in [5.41, 5.74) is 2.95. The van der Waals surface area contributed by atoms with Gasteiger partial charge in [0.1, 0.15) is 0 Å². The van der Waals surface area contributed by atoms with Crippen LogP contribution >= 0.6 is 23.4 Å². The van der Waals surface area contributed by atoms with Gasteiger partial charge >= 0.3 is 0 Å². The summed E-state index contributed by atoms with van der Waals surface area (Å²) in [5, 5.41) is 3.78. The Morgan fingerprint density at radius 1 is 0.962 bits per heavy atom. The zero-order chi connectivity index (χ0) is 18.4. The van der Waals surface area contributed by atoms with E-state index in [-0.39, 0.29) is 11.9 Å². The van der Waals surface area contributed by atoms with E-state index in [2.05, 4.69) is 5.32 Å². The van der Waals surface area contributed by atoms with Crippen LogP contribution < -0.4 is 5.32 Å². The van der Waals surface area contributed by atoms with Gasteiger partial charge in [-0.3, -0.25) is 4.79 Å². The molecule has 0 aliphatic heterocycles. The second kappa shape index (κ2) is 8.93. The lowest BCUT2D eigenvalue weighted by atomic mass is 10.1. The first kappa shape index (κ1) is 18.6. The van der Waals surface area contributed by atoms with Crippen LogP contribution in [-0.4, -0.2) is 5.91 Å². The SMILES string of the molecule is CC(NC(=O)c1ccc(CSc2ccc(Cl)cc2)cc1)c1ccccc1. The van der Waals surface area contributed by atoms with Crippen LogP contribution in [0, 0.1) is 0 Å². The summed E-state index contributed by atoms with van der Waals surface area (Å²) in [6, 6.07) is 25.5. The molecule has 1 N–H and O–H groups in total. The maximum atomic E-state index is 12.4. The first-order valence-corrected chi connectivity index (χ1v) is 9.81. The van der Waals surface area contributed by atoms with Gasteiger partial charge in [0, 0.05) is 21.2 Å². The van der Waals surface area contributed by atoms with Gasteiger partial charge in [-0.25, -0.2) is 0 Å². The zero-order valence-electron chi connectivity index (χ0n) is 14.5. The van der Waals surface area contributed by atoms with E-state index in [4.69, 9.17) is 11.6 Å². The van der Waals surface area contributed by atoms with E-state index in [0.717, 1.165) is 16.3 Å². The van der Waals surface area contributed by atoms with Crippen LogP contribution in [0.4, 0.5) is 0 Å². The van der Waals surface area contributed by atoms with Gasteiger partial charge in [-0.2, -0.15) is 0 Å². The Bertz CT molecular complexity index is 848. The van der Waals surface area contributed by atoms with E-state index < -0.39 is 0 Å². The van der Waals surface area contributed by atoms with Crippen molar-refractivity contribution < 1.29 is 4.79 Å². The fourth-order valence-corrected chi connectivity index (χ4v) is 3.54. The molecule has 1 atom stereocenters. The van der Waals surface area contributed by atoms with E-state index in [1.165, 1.54) is 10.5 Å². The number of hydrogen-bond acceptors (Lipinski definition) is 2. The molecule has 0 saturated carbocycles. The van der Waals surface area contributed by atoms with Crippen molar-refractivity contribution in [1.82, 2.24) is 5.32 Å². The van der Waals surface area contributed by atoms with Gasteiger partial charge < -0.3 is 5.32 Å². The third-order valence-corrected chi connectivity index (χ3v) is 5.42. The molecule has 0 radical (unpaired) electrons. The van der Waals surface area contributed by atoms with Gasteiger partial charge in [-0.1, -0.05) is 54.1 Å². The fraction of sp³-hybridized carbons (Fsp3) is 0.136. The first-order valence-electron chi connectivity index (χ1n) is 8.45. The molecule has 4 heteroatoms. The Hall–Kier alpha value is -2.23. The molecule has 0 heterocycles. The molecule has 0 aromatic heterocycles. The third kappa shape index (κ3) is 5.13. The number of rotatable bonds is 6. The van der Waals surface area contributed by atoms with E-state index in [1.807, 2.05) is 85.8 Å². The van der Waals surface area contributed by atoms with Crippen LogP contribution in [-0.2, 0) is 5.75 Å². The molecule has 0 saturated heterocycles. The molecule has 1 amide bonds. The minimum atomic E-state index is -0.0572. The topological polar surface area (TPSA) is 29.1 Å². The molecule has 3 aromatic carbocycles. The predicted molar refractivity (Wildman–Crippen MR) is 110 cm³/mol. The highest BCUT2D eigenvalue weighted by atomic mass is 35.5. The summed E-state index contributed by atoms with van der Waals surface area (Å²) >= 11 is 7.65. The summed E-state index contributed by atoms with van der Waals surface area (Å²) < 4.78 is 0. The van der Waals surface area contributed by atoms with Gasteiger partial charge in [0.2, 0.25) is 0 Å². The normalized spacial score (nSPS) is 11.8. The van der Waals surface area contributed by atoms with Crippen molar-refractivity contribution in [3.8, 4) is 0 Å². The number of carbonyl (C=O) groups excluding carboxylic acids is 1. The summed E-state index contributed by atoms with van der Waals surface area (Å²) in [4.78, 5) is 13.6. The van der Waals surface area contributed by atoms with Crippen LogP contribution in [0.15, 0.2) is 83.8 Å². The highest BCUT2D eigenvalue weighted by molar-refractivity contribution is 7.98. The van der Waals surface area contributed by atoms with Crippen molar-refractivity contribution in [3.05, 3.63) is 101 Å². The summed E-state index contributed by atoms with van der Waals surface area (Å²) in [6.07, 6.45) is 0. The molecule has 3 rings (SSSR count). The Morgan fingerprint density at radius 3 is 2.27 bits per heavy atom. The number of amides is 1. The van der Waals surface area contributed by atoms with E-state index in [0.29, 0.717) is 5.56 Å². The summed E-state index contributed by atoms with van der Waals surface area (Å²) in [5.74, 6) is 0.794. The van der Waals surface area contributed by atoms with Gasteiger partial charge in [-0.05, 0) is 54.4 Å². The molecule has 0 bridgehead atoms. The molecular weight excluding hydrogens is 362 g/mol. The highest BCUT2D eigenvalue weighted by Gasteiger charge is 2.11. The Labute approximate surface area is 163 Å². The molecular formula is C22H20ClNOS. The summed E-state index contributed by atoms with van der Waals surface area (Å²) in [6.45, 7) is 1.99. The summed E-state index contributed by atoms with van der Waals surface area (Å²) in [7, 11) is 0. The monoisotopic (exact) mass is 381 g/mol. The molecule has 0 fully saturated rings. The number of carbonyl (C=O) groups is 1. The second-order valence-corrected chi connectivity index (χ2v) is 7.53. The zero-order valence-corrected chi connectivity index (χ0v) is 16.1. The average Bonchev–Trinajstić information content (AvgIpc) is 2.68. The Kier molecular flexibility index (Phi) is 6.37. The van der Waals surface area contributed by atoms with Crippen molar-refractivity contribution >= 4 is 29.3 Å². The lowest BCUT2D eigenvalue weighted by Gasteiger charge is -2.14. The highest BCUT2D eigenvalue weighted by Crippen LogP contribution is 2.24. The number of benzene rings is 3. The maximum absolute atomic E-state index is 12.4. The fourth-order valence-electron chi connectivity index (χ4n) is 2.55. The second-order valence-electron chi connectivity index (χ2n) is 6.05. The van der Waals surface area contributed by atoms with Crippen molar-refractivity contribution in [1.29, 1.82) is 0 Å². The van der Waals surface area contributed by atoms with Crippen molar-refractivity contribution in [2.45, 2.75) is 23.6 Å². The molecule has 1 unspecified atom stereocenters. The van der Waals surface area contributed by atoms with Gasteiger partial charge in [0.15, 0.2) is 0 Å². The van der Waals surface area contributed by atoms with Crippen molar-refractivity contribution in [2.75, 3.05) is 0 Å². The molecule has 26 heavy (non-hydrogen) atoms. The molecule has 132 valence electrons. The number of halogens is 1. The van der Waals surface area contributed by atoms with Crippen LogP contribution in [0.1, 0.15) is 34.5 Å². The number of hydrogen-bond donors (Lipinski definition) is 1. The Morgan fingerprint density at radius 2 is 1.62 bits per heavy atom. The molecule has 2 nitrogen and oxygen atoms in total. The molecule has 3 aromatic rings. The lowest BCUT2D eigenvalue weighted by Crippen LogP contribution is -2.26. The largest absolute Gasteiger partial charge is 0.346 e. The van der Waals surface area contributed by atoms with E-state index in [9.17, 15) is 4.79 Å². The van der Waals surface area contributed by atoms with Crippen LogP contribution in [0.2, 0.25) is 5.02 Å². The van der Waals surface area contributed by atoms with Gasteiger partial charge in [0.25, 0.3) is 5.91 Å². The van der Waals surface area contributed by atoms with Crippen LogP contribution in [0.5, 0.6) is 0 Å². The quantitative estimate of drug-likeness (QED) is 0.521. The minimum Gasteiger partial charge on any atom is -0.346 e. The van der Waals surface area contributed by atoms with Crippen molar-refractivity contribution in [3.63, 3.8) is 0 Å². The van der Waals surface area contributed by atoms with E-state index in [1.54, 1.807) is 11.8 Å². The third-order valence-electron chi connectivity index (χ3n) is 4.08. The molecule has 0 aliphatic carbocycles. The van der Waals surface area contributed by atoms with E-state index >= 15 is 0 Å². The molecule has 0 aliphatic rings. The standard InChI is InChI=1S/C22H20ClNOS/c1-16(18-5-3-2-4-6-18)24-22(25)19-9-7-17(8-10-19)15-26-21-13-11-20(23)12-14-21/h2-14,16H,15H2,1H3,(H,24,25). The first-order chi connectivity index (χ1) is 12.6. The van der Waals surface area contributed by atoms with Crippen molar-refractivity contribution in [2.24, 2.45) is 0 Å². The van der Waals surface area contributed by atoms with Crippen LogP contribution in [0.3, 0.4) is 0 Å². The minimum absolute atomic E-state index is 0.0242. The smallest absolute Gasteiger partial charge is 0.251 e. The Balaban J connectivity index is 1.56. The number of thioether (sulfide) groups is 1. The van der Waals surface area contributed by atoms with Gasteiger partial charge in [-0.15, -0.1) is 11.8 Å². The lowest BCUT2D eigenvalue weighted by molar-refractivity contribution is 0.0940. The predicted octanol–water partition coefficient (Wildman–Crippen LogP) is 6.12. The van der Waals surface area contributed by atoms with Gasteiger partial charge in [0.05, 0.1) is 6.04 Å². The van der Waals surface area contributed by atoms with Crippen LogP contribution in [0.25, 0.3) is 0 Å².